The van der Waals surface area contributed by atoms with Crippen LogP contribution in [0.1, 0.15) is 20.7 Å². The van der Waals surface area contributed by atoms with Crippen molar-refractivity contribution in [2.75, 3.05) is 0 Å². The van der Waals surface area contributed by atoms with Crippen molar-refractivity contribution in [3.05, 3.63) is 40.2 Å². The molecule has 0 unspecified atom stereocenters. The second-order valence-corrected chi connectivity index (χ2v) is 2.53. The molecule has 1 aliphatic heterocycles. The van der Waals surface area contributed by atoms with Crippen LogP contribution in [0.15, 0.2) is 12.1 Å². The van der Waals surface area contributed by atoms with Gasteiger partial charge in [0.1, 0.15) is 0 Å². The molecular weight excluding hydrogens is 187 g/mol. The molecule has 1 heterocycles. The predicted octanol–water partition coefficient (Wildman–Crippen LogP) is -1.36. The van der Waals surface area contributed by atoms with Crippen LogP contribution in [0, 0.1) is 11.6 Å². The Kier molecular flexibility index (Phi) is 2.74. The van der Waals surface area contributed by atoms with Crippen LogP contribution in [0.5, 0.6) is 0 Å². The Morgan fingerprint density at radius 1 is 0.929 bits per heavy atom. The fourth-order valence-electron chi connectivity index (χ4n) is 1.11. The zero-order valence-electron chi connectivity index (χ0n) is 7.17. The largest absolute Gasteiger partial charge is 1.00 e. The smallest absolute Gasteiger partial charge is 0.587 e. The Morgan fingerprint density at radius 3 is 1.64 bits per heavy atom. The van der Waals surface area contributed by atoms with Crippen LogP contribution in [0.3, 0.4) is 0 Å². The van der Waals surface area contributed by atoms with Gasteiger partial charge in [-0.05, 0) is 12.1 Å². The van der Waals surface area contributed by atoms with Crippen LogP contribution in [-0.4, -0.2) is 11.8 Å². The molecule has 2 rings (SSSR count). The number of hydrogen-bond donors (Lipinski definition) is 0. The number of carbonyl (C=O) groups is 2. The van der Waals surface area contributed by atoms with Gasteiger partial charge in [-0.1, -0.05) is 0 Å². The first-order chi connectivity index (χ1) is 6.09. The van der Waals surface area contributed by atoms with E-state index in [0.29, 0.717) is 12.1 Å². The number of imide groups is 1. The minimum atomic E-state index is -1.16. The molecule has 3 nitrogen and oxygen atoms in total. The summed E-state index contributed by atoms with van der Waals surface area (Å²) >= 11 is 0. The van der Waals surface area contributed by atoms with E-state index < -0.39 is 23.4 Å². The summed E-state index contributed by atoms with van der Waals surface area (Å²) in [5.74, 6) is -3.95. The summed E-state index contributed by atoms with van der Waals surface area (Å²) in [5.41, 5.74) is -0.354. The summed E-state index contributed by atoms with van der Waals surface area (Å²) < 4.78 is 25.2. The summed E-state index contributed by atoms with van der Waals surface area (Å²) in [4.78, 5) is 21.7. The first-order valence-corrected chi connectivity index (χ1v) is 3.39. The van der Waals surface area contributed by atoms with E-state index in [-0.39, 0.29) is 30.0 Å². The van der Waals surface area contributed by atoms with Gasteiger partial charge in [-0.25, -0.2) is 8.78 Å². The van der Waals surface area contributed by atoms with Crippen molar-refractivity contribution >= 4 is 11.8 Å². The SMILES string of the molecule is O=C1[N-]C(=O)c2cc(F)c(F)cc21.[Li+]. The van der Waals surface area contributed by atoms with Crippen molar-refractivity contribution in [3.63, 3.8) is 0 Å². The maximum Gasteiger partial charge on any atom is 1.00 e. The van der Waals surface area contributed by atoms with Gasteiger partial charge >= 0.3 is 18.9 Å². The predicted molar refractivity (Wildman–Crippen MR) is 38.4 cm³/mol. The van der Waals surface area contributed by atoms with Crippen LogP contribution < -0.4 is 18.9 Å². The van der Waals surface area contributed by atoms with Gasteiger partial charge in [-0.2, -0.15) is 0 Å². The third-order valence-corrected chi connectivity index (χ3v) is 1.72. The summed E-state index contributed by atoms with van der Waals surface area (Å²) in [5, 5.41) is 3.03. The van der Waals surface area contributed by atoms with Crippen molar-refractivity contribution < 1.29 is 37.2 Å². The number of benzene rings is 1. The monoisotopic (exact) mass is 189 g/mol. The minimum absolute atomic E-state index is 0. The third-order valence-electron chi connectivity index (χ3n) is 1.72. The van der Waals surface area contributed by atoms with Crippen molar-refractivity contribution in [3.8, 4) is 0 Å². The molecule has 0 fully saturated rings. The fraction of sp³-hybridized carbons (Fsp3) is 0. The summed E-state index contributed by atoms with van der Waals surface area (Å²) in [7, 11) is 0. The standard InChI is InChI=1S/C8H3F2NO2.Li/c9-5-1-3-4(2-6(5)10)8(13)11-7(3)12;/h1-2H,(H,11,12,13);/q;+1/p-1. The molecule has 0 aromatic heterocycles. The van der Waals surface area contributed by atoms with Crippen LogP contribution in [0.25, 0.3) is 5.32 Å². The molecule has 0 aliphatic carbocycles. The van der Waals surface area contributed by atoms with E-state index in [2.05, 4.69) is 5.32 Å². The van der Waals surface area contributed by atoms with Gasteiger partial charge in [0.25, 0.3) is 0 Å². The molecule has 0 radical (unpaired) electrons. The Hall–Kier alpha value is -1.18. The Morgan fingerprint density at radius 2 is 1.29 bits per heavy atom. The van der Waals surface area contributed by atoms with Crippen LogP contribution in [-0.2, 0) is 0 Å². The number of carbonyl (C=O) groups excluding carboxylic acids is 2. The summed E-state index contributed by atoms with van der Waals surface area (Å²) in [6.45, 7) is 0. The van der Waals surface area contributed by atoms with Gasteiger partial charge in [0.15, 0.2) is 11.6 Å². The summed E-state index contributed by atoms with van der Waals surface area (Å²) in [6, 6.07) is 1.36. The molecule has 0 N–H and O–H groups in total. The molecule has 1 aromatic rings. The zero-order valence-corrected chi connectivity index (χ0v) is 7.17. The number of hydrogen-bond acceptors (Lipinski definition) is 2. The number of halogens is 2. The molecule has 1 aliphatic rings. The van der Waals surface area contributed by atoms with Crippen LogP contribution >= 0.6 is 0 Å². The fourth-order valence-corrected chi connectivity index (χ4v) is 1.11. The first-order valence-electron chi connectivity index (χ1n) is 3.39. The van der Waals surface area contributed by atoms with Crippen molar-refractivity contribution in [1.82, 2.24) is 0 Å². The third kappa shape index (κ3) is 1.45. The number of fused-ring (bicyclic) bond motifs is 1. The molecule has 0 saturated carbocycles. The van der Waals surface area contributed by atoms with Gasteiger partial charge in [-0.15, -0.1) is 0 Å². The van der Waals surface area contributed by atoms with Gasteiger partial charge in [0.2, 0.25) is 0 Å². The molecular formula is C8H2F2LiNO2. The van der Waals surface area contributed by atoms with Crippen LogP contribution in [0.4, 0.5) is 8.78 Å². The number of nitrogens with zero attached hydrogens (tertiary/aromatic N) is 1. The number of rotatable bonds is 0. The van der Waals surface area contributed by atoms with Crippen molar-refractivity contribution in [1.29, 1.82) is 0 Å². The van der Waals surface area contributed by atoms with E-state index in [1.165, 1.54) is 0 Å². The van der Waals surface area contributed by atoms with Gasteiger partial charge in [0.05, 0.1) is 11.8 Å². The molecule has 0 atom stereocenters. The molecule has 14 heavy (non-hydrogen) atoms. The quantitative estimate of drug-likeness (QED) is 0.373. The second-order valence-electron chi connectivity index (χ2n) is 2.53. The molecule has 2 amide bonds. The van der Waals surface area contributed by atoms with Gasteiger partial charge in [0, 0.05) is 11.1 Å². The molecule has 1 aromatic carbocycles. The minimum Gasteiger partial charge on any atom is -0.587 e. The zero-order chi connectivity index (χ0) is 9.59. The summed E-state index contributed by atoms with van der Waals surface area (Å²) in [6.07, 6.45) is 0. The van der Waals surface area contributed by atoms with Crippen molar-refractivity contribution in [2.24, 2.45) is 0 Å². The van der Waals surface area contributed by atoms with E-state index >= 15 is 0 Å². The van der Waals surface area contributed by atoms with E-state index in [0.717, 1.165) is 0 Å². The normalized spacial score (nSPS) is 13.3. The Labute approximate surface area is 89.7 Å². The molecule has 6 heteroatoms. The Balaban J connectivity index is 0.000000980. The average Bonchev–Trinajstić information content (AvgIpc) is 2.31. The topological polar surface area (TPSA) is 48.2 Å². The maximum absolute atomic E-state index is 12.6. The first kappa shape index (κ1) is 10.9. The van der Waals surface area contributed by atoms with Gasteiger partial charge < -0.3 is 14.9 Å². The molecule has 0 spiro atoms. The molecule has 66 valence electrons. The van der Waals surface area contributed by atoms with Gasteiger partial charge in [-0.3, -0.25) is 0 Å². The Bertz CT molecular complexity index is 395. The second kappa shape index (κ2) is 3.52. The molecule has 0 bridgehead atoms. The molecule has 0 saturated heterocycles. The maximum atomic E-state index is 12.6. The number of amides is 2. The average molecular weight is 189 g/mol. The van der Waals surface area contributed by atoms with E-state index in [9.17, 15) is 18.4 Å². The van der Waals surface area contributed by atoms with E-state index in [1.54, 1.807) is 0 Å². The van der Waals surface area contributed by atoms with E-state index in [1.807, 2.05) is 0 Å². The van der Waals surface area contributed by atoms with E-state index in [4.69, 9.17) is 0 Å². The van der Waals surface area contributed by atoms with Crippen molar-refractivity contribution in [2.45, 2.75) is 0 Å². The van der Waals surface area contributed by atoms with Crippen LogP contribution in [0.2, 0.25) is 0 Å².